The van der Waals surface area contributed by atoms with E-state index in [9.17, 15) is 8.42 Å². The molecule has 0 saturated heterocycles. The number of sulfonamides is 1. The first kappa shape index (κ1) is 17.8. The zero-order chi connectivity index (χ0) is 19.6. The van der Waals surface area contributed by atoms with Crippen LogP contribution in [0.25, 0.3) is 11.3 Å². The van der Waals surface area contributed by atoms with Crippen molar-refractivity contribution in [2.24, 2.45) is 5.10 Å². The molecule has 0 amide bonds. The number of benzene rings is 1. The summed E-state index contributed by atoms with van der Waals surface area (Å²) in [4.78, 5) is 5.09. The number of furan rings is 1. The number of thiazole rings is 1. The van der Waals surface area contributed by atoms with Crippen molar-refractivity contribution in [2.75, 3.05) is 10.5 Å². The fourth-order valence-corrected chi connectivity index (χ4v) is 4.00. The molecule has 0 aliphatic carbocycles. The minimum atomic E-state index is -3.70. The Kier molecular flexibility index (Phi) is 4.58. The molecular formula is C15H12N8O3S2. The molecule has 3 heterocycles. The summed E-state index contributed by atoms with van der Waals surface area (Å²) in [6.07, 6.45) is 2.93. The van der Waals surface area contributed by atoms with Crippen LogP contribution in [0.5, 0.6) is 0 Å². The Morgan fingerprint density at radius 3 is 2.71 bits per heavy atom. The van der Waals surface area contributed by atoms with Crippen LogP contribution in [0.1, 0.15) is 5.76 Å². The molecule has 28 heavy (non-hydrogen) atoms. The molecular weight excluding hydrogens is 404 g/mol. The van der Waals surface area contributed by atoms with E-state index in [-0.39, 0.29) is 10.8 Å². The Bertz CT molecular complexity index is 1210. The summed E-state index contributed by atoms with van der Waals surface area (Å²) in [5, 5.41) is 16.4. The molecule has 0 spiro atoms. The maximum Gasteiger partial charge on any atom is 0.263 e. The first-order chi connectivity index (χ1) is 13.5. The molecule has 1 aromatic carbocycles. The molecule has 0 radical (unpaired) electrons. The van der Waals surface area contributed by atoms with Crippen LogP contribution in [0.2, 0.25) is 0 Å². The van der Waals surface area contributed by atoms with Crippen LogP contribution in [-0.2, 0) is 10.0 Å². The van der Waals surface area contributed by atoms with Gasteiger partial charge in [0.05, 0.1) is 11.1 Å². The number of nitrogens with zero attached hydrogens (tertiary/aromatic N) is 6. The van der Waals surface area contributed by atoms with Crippen molar-refractivity contribution in [2.45, 2.75) is 4.90 Å². The number of rotatable bonds is 6. The SMILES string of the molecule is Nc1nnnn1/N=C\c1ccc(-c2ccc(S(=O)(=O)Nc3nccs3)cc2)o1. The van der Waals surface area contributed by atoms with Gasteiger partial charge in [0.25, 0.3) is 16.0 Å². The molecule has 4 aromatic rings. The van der Waals surface area contributed by atoms with E-state index in [0.29, 0.717) is 22.2 Å². The van der Waals surface area contributed by atoms with Crippen LogP contribution in [0.3, 0.4) is 0 Å². The van der Waals surface area contributed by atoms with Gasteiger partial charge in [-0.2, -0.15) is 5.10 Å². The number of anilines is 2. The second-order valence-electron chi connectivity index (χ2n) is 5.34. The Morgan fingerprint density at radius 2 is 2.04 bits per heavy atom. The third-order valence-electron chi connectivity index (χ3n) is 3.50. The Balaban J connectivity index is 1.51. The molecule has 142 valence electrons. The van der Waals surface area contributed by atoms with Gasteiger partial charge in [-0.25, -0.2) is 13.4 Å². The molecule has 0 aliphatic heterocycles. The molecule has 0 fully saturated rings. The first-order valence-corrected chi connectivity index (χ1v) is 10.1. The molecule has 11 nitrogen and oxygen atoms in total. The van der Waals surface area contributed by atoms with Crippen LogP contribution in [0.15, 0.2) is 62.4 Å². The monoisotopic (exact) mass is 416 g/mol. The number of nitrogens with two attached hydrogens (primary N) is 1. The molecule has 4 rings (SSSR count). The summed E-state index contributed by atoms with van der Waals surface area (Å²) in [7, 11) is -3.70. The van der Waals surface area contributed by atoms with Gasteiger partial charge in [0.15, 0.2) is 5.13 Å². The van der Waals surface area contributed by atoms with Gasteiger partial charge in [0.1, 0.15) is 11.5 Å². The topological polar surface area (TPSA) is 154 Å². The van der Waals surface area contributed by atoms with Crippen molar-refractivity contribution in [3.63, 3.8) is 0 Å². The highest BCUT2D eigenvalue weighted by molar-refractivity contribution is 7.93. The number of hydrogen-bond acceptors (Lipinski definition) is 10. The van der Waals surface area contributed by atoms with E-state index in [0.717, 1.165) is 4.79 Å². The molecule has 3 N–H and O–H groups in total. The van der Waals surface area contributed by atoms with E-state index in [1.165, 1.54) is 35.9 Å². The summed E-state index contributed by atoms with van der Waals surface area (Å²) in [6.45, 7) is 0. The fraction of sp³-hybridized carbons (Fsp3) is 0. The summed E-state index contributed by atoms with van der Waals surface area (Å²) in [5.41, 5.74) is 6.22. The zero-order valence-corrected chi connectivity index (χ0v) is 15.6. The third-order valence-corrected chi connectivity index (χ3v) is 5.67. The summed E-state index contributed by atoms with van der Waals surface area (Å²) in [6, 6.07) is 9.72. The van der Waals surface area contributed by atoms with Crippen LogP contribution < -0.4 is 10.5 Å². The number of tetrazole rings is 1. The standard InChI is InChI=1S/C15H12N8O3S2/c16-14-19-21-22-23(14)18-9-11-3-6-13(26-11)10-1-4-12(5-2-10)28(24,25)20-15-17-7-8-27-15/h1-9H,(H,17,20)(H2,16,19,22)/b18-9-. The Hall–Kier alpha value is -3.58. The van der Waals surface area contributed by atoms with Gasteiger partial charge in [-0.05, 0) is 46.8 Å². The van der Waals surface area contributed by atoms with E-state index in [2.05, 4.69) is 30.3 Å². The largest absolute Gasteiger partial charge is 0.455 e. The maximum absolute atomic E-state index is 12.4. The Morgan fingerprint density at radius 1 is 1.21 bits per heavy atom. The van der Waals surface area contributed by atoms with E-state index in [4.69, 9.17) is 10.2 Å². The van der Waals surface area contributed by atoms with Crippen molar-refractivity contribution in [1.82, 2.24) is 25.3 Å². The van der Waals surface area contributed by atoms with Crippen LogP contribution >= 0.6 is 11.3 Å². The molecule has 0 saturated carbocycles. The predicted molar refractivity (Wildman–Crippen MR) is 102 cm³/mol. The lowest BCUT2D eigenvalue weighted by Gasteiger charge is -2.05. The highest BCUT2D eigenvalue weighted by Gasteiger charge is 2.16. The lowest BCUT2D eigenvalue weighted by molar-refractivity contribution is 0.573. The summed E-state index contributed by atoms with van der Waals surface area (Å²) in [5.74, 6) is 1.04. The van der Waals surface area contributed by atoms with Crippen molar-refractivity contribution in [3.8, 4) is 11.3 Å². The van der Waals surface area contributed by atoms with Gasteiger partial charge in [-0.3, -0.25) is 4.72 Å². The molecule has 0 bridgehead atoms. The number of hydrogen-bond donors (Lipinski definition) is 2. The second-order valence-corrected chi connectivity index (χ2v) is 7.92. The minimum absolute atomic E-state index is 0.0474. The lowest BCUT2D eigenvalue weighted by atomic mass is 10.2. The molecule has 3 aromatic heterocycles. The van der Waals surface area contributed by atoms with Gasteiger partial charge in [0.2, 0.25) is 0 Å². The molecule has 0 aliphatic rings. The molecule has 0 atom stereocenters. The zero-order valence-electron chi connectivity index (χ0n) is 14.0. The number of nitrogens with one attached hydrogen (secondary N) is 1. The van der Waals surface area contributed by atoms with Crippen LogP contribution in [0.4, 0.5) is 11.1 Å². The van der Waals surface area contributed by atoms with E-state index in [1.54, 1.807) is 29.6 Å². The molecule has 0 unspecified atom stereocenters. The van der Waals surface area contributed by atoms with E-state index < -0.39 is 10.0 Å². The normalized spacial score (nSPS) is 11.9. The maximum atomic E-state index is 12.4. The highest BCUT2D eigenvalue weighted by atomic mass is 32.2. The van der Waals surface area contributed by atoms with Crippen molar-refractivity contribution in [1.29, 1.82) is 0 Å². The summed E-state index contributed by atoms with van der Waals surface area (Å²) < 4.78 is 32.8. The van der Waals surface area contributed by atoms with E-state index in [1.807, 2.05) is 0 Å². The third kappa shape index (κ3) is 3.74. The first-order valence-electron chi connectivity index (χ1n) is 7.72. The van der Waals surface area contributed by atoms with Gasteiger partial charge in [-0.1, -0.05) is 9.89 Å². The van der Waals surface area contributed by atoms with Crippen LogP contribution in [0, 0.1) is 0 Å². The second kappa shape index (κ2) is 7.21. The average Bonchev–Trinajstić information content (AvgIpc) is 3.42. The van der Waals surface area contributed by atoms with Crippen molar-refractivity contribution < 1.29 is 12.8 Å². The van der Waals surface area contributed by atoms with Crippen molar-refractivity contribution >= 4 is 38.7 Å². The fourth-order valence-electron chi connectivity index (χ4n) is 2.21. The minimum Gasteiger partial charge on any atom is -0.455 e. The lowest BCUT2D eigenvalue weighted by Crippen LogP contribution is -2.12. The predicted octanol–water partition coefficient (Wildman–Crippen LogP) is 1.65. The average molecular weight is 416 g/mol. The van der Waals surface area contributed by atoms with Gasteiger partial charge in [-0.15, -0.1) is 11.3 Å². The highest BCUT2D eigenvalue weighted by Crippen LogP contribution is 2.24. The van der Waals surface area contributed by atoms with E-state index >= 15 is 0 Å². The van der Waals surface area contributed by atoms with Crippen LogP contribution in [-0.4, -0.2) is 39.9 Å². The van der Waals surface area contributed by atoms with Gasteiger partial charge >= 0.3 is 0 Å². The smallest absolute Gasteiger partial charge is 0.263 e. The number of aromatic nitrogens is 5. The van der Waals surface area contributed by atoms with Gasteiger partial charge in [0, 0.05) is 17.1 Å². The Labute approximate surface area is 162 Å². The summed E-state index contributed by atoms with van der Waals surface area (Å²) >= 11 is 1.20. The quantitative estimate of drug-likeness (QED) is 0.450. The number of nitrogen functional groups attached to an aromatic ring is 1. The van der Waals surface area contributed by atoms with Crippen molar-refractivity contribution in [3.05, 3.63) is 53.7 Å². The molecule has 13 heteroatoms. The van der Waals surface area contributed by atoms with Gasteiger partial charge < -0.3 is 10.2 Å².